The van der Waals surface area contributed by atoms with E-state index in [1.807, 2.05) is 0 Å². The lowest BCUT2D eigenvalue weighted by Gasteiger charge is -1.91. The Balaban J connectivity index is 3.45. The number of H-pyrrole nitrogens is 1. The van der Waals surface area contributed by atoms with Crippen LogP contribution in [0.25, 0.3) is 0 Å². The fraction of sp³-hybridized carbons (Fsp3) is 0. The first-order valence-electron chi connectivity index (χ1n) is 2.64. The van der Waals surface area contributed by atoms with Gasteiger partial charge < -0.3 is 4.98 Å². The number of rotatable bonds is 1. The maximum absolute atomic E-state index is 10.8. The largest absolute Gasteiger partial charge is 0.351 e. The molecular formula is C5H3IN2O3. The minimum absolute atomic E-state index is 0.250. The van der Waals surface area contributed by atoms with Crippen LogP contribution in [0.5, 0.6) is 0 Å². The molecule has 0 amide bonds. The highest BCUT2D eigenvalue weighted by atomic mass is 127. The number of nitro groups is 1. The van der Waals surface area contributed by atoms with Gasteiger partial charge in [0.2, 0.25) is 0 Å². The van der Waals surface area contributed by atoms with Gasteiger partial charge in [0.15, 0.2) is 3.70 Å². The number of nitrogens with one attached hydrogen (secondary N) is 1. The Labute approximate surface area is 74.7 Å². The molecule has 0 aliphatic rings. The van der Waals surface area contributed by atoms with Gasteiger partial charge in [-0.3, -0.25) is 14.9 Å². The highest BCUT2D eigenvalue weighted by molar-refractivity contribution is 14.1. The van der Waals surface area contributed by atoms with E-state index in [9.17, 15) is 14.9 Å². The summed E-state index contributed by atoms with van der Waals surface area (Å²) in [6.45, 7) is 0. The molecule has 1 aromatic rings. The van der Waals surface area contributed by atoms with Crippen LogP contribution in [-0.2, 0) is 0 Å². The molecule has 1 aromatic heterocycles. The molecule has 0 aromatic carbocycles. The Hall–Kier alpha value is -0.920. The van der Waals surface area contributed by atoms with E-state index in [2.05, 4.69) is 4.98 Å². The first-order valence-corrected chi connectivity index (χ1v) is 3.72. The van der Waals surface area contributed by atoms with Gasteiger partial charge in [0.05, 0.1) is 4.92 Å². The first kappa shape index (κ1) is 8.18. The summed E-state index contributed by atoms with van der Waals surface area (Å²) >= 11 is 1.70. The summed E-state index contributed by atoms with van der Waals surface area (Å²) < 4.78 is 0.250. The molecule has 0 aliphatic carbocycles. The van der Waals surface area contributed by atoms with Crippen molar-refractivity contribution < 1.29 is 4.92 Å². The average Bonchev–Trinajstić information content (AvgIpc) is 1.85. The number of hydrogen-bond acceptors (Lipinski definition) is 3. The summed E-state index contributed by atoms with van der Waals surface area (Å²) in [7, 11) is 0. The Morgan fingerprint density at radius 2 is 2.27 bits per heavy atom. The standard InChI is InChI=1S/C5H3IN2O3/c6-5-4(8(10)11)3(9)1-2-7-5/h1-2H,(H,7,9). The van der Waals surface area contributed by atoms with E-state index >= 15 is 0 Å². The molecule has 0 aliphatic heterocycles. The predicted molar refractivity (Wildman–Crippen MR) is 46.4 cm³/mol. The van der Waals surface area contributed by atoms with Crippen molar-refractivity contribution in [2.24, 2.45) is 0 Å². The van der Waals surface area contributed by atoms with Crippen LogP contribution in [0.4, 0.5) is 5.69 Å². The second-order valence-corrected chi connectivity index (χ2v) is 2.84. The molecule has 0 bridgehead atoms. The number of pyridine rings is 1. The molecule has 0 fully saturated rings. The minimum atomic E-state index is -0.694. The zero-order chi connectivity index (χ0) is 8.43. The van der Waals surface area contributed by atoms with Crippen molar-refractivity contribution in [1.82, 2.24) is 4.98 Å². The van der Waals surface area contributed by atoms with Crippen LogP contribution in [0, 0.1) is 13.8 Å². The first-order chi connectivity index (χ1) is 5.13. The van der Waals surface area contributed by atoms with Crippen molar-refractivity contribution >= 4 is 28.3 Å². The zero-order valence-electron chi connectivity index (χ0n) is 5.20. The molecule has 6 heteroatoms. The van der Waals surface area contributed by atoms with Crippen LogP contribution in [0.1, 0.15) is 0 Å². The van der Waals surface area contributed by atoms with Crippen molar-refractivity contribution in [1.29, 1.82) is 0 Å². The molecule has 0 atom stereocenters. The van der Waals surface area contributed by atoms with E-state index in [1.54, 1.807) is 22.6 Å². The highest BCUT2D eigenvalue weighted by Gasteiger charge is 2.15. The van der Waals surface area contributed by atoms with Crippen LogP contribution >= 0.6 is 22.6 Å². The molecule has 0 saturated heterocycles. The Bertz CT molecular complexity index is 346. The summed E-state index contributed by atoms with van der Waals surface area (Å²) in [6, 6.07) is 1.13. The quantitative estimate of drug-likeness (QED) is 0.355. The van der Waals surface area contributed by atoms with Crippen LogP contribution in [0.3, 0.4) is 0 Å². The van der Waals surface area contributed by atoms with Crippen molar-refractivity contribution in [3.05, 3.63) is 36.3 Å². The van der Waals surface area contributed by atoms with Gasteiger partial charge in [-0.2, -0.15) is 0 Å². The third-order valence-electron chi connectivity index (χ3n) is 1.07. The second kappa shape index (κ2) is 2.99. The maximum atomic E-state index is 10.8. The highest BCUT2D eigenvalue weighted by Crippen LogP contribution is 2.10. The van der Waals surface area contributed by atoms with Gasteiger partial charge >= 0.3 is 5.69 Å². The Kier molecular flexibility index (Phi) is 2.22. The number of aromatic nitrogens is 1. The Morgan fingerprint density at radius 3 is 2.64 bits per heavy atom. The molecular weight excluding hydrogens is 263 g/mol. The molecule has 0 radical (unpaired) electrons. The summed E-state index contributed by atoms with van der Waals surface area (Å²) in [5.74, 6) is 0. The monoisotopic (exact) mass is 266 g/mol. The molecule has 0 saturated carbocycles. The SMILES string of the molecule is O=c1cc[nH]c(I)c1[N+](=O)[O-]. The summed E-state index contributed by atoms with van der Waals surface area (Å²) in [4.78, 5) is 22.9. The van der Waals surface area contributed by atoms with Crippen LogP contribution in [-0.4, -0.2) is 9.91 Å². The van der Waals surface area contributed by atoms with Crippen molar-refractivity contribution in [3.8, 4) is 0 Å². The summed E-state index contributed by atoms with van der Waals surface area (Å²) in [5.41, 5.74) is -0.966. The van der Waals surface area contributed by atoms with Crippen molar-refractivity contribution in [2.45, 2.75) is 0 Å². The van der Waals surface area contributed by atoms with Crippen molar-refractivity contribution in [3.63, 3.8) is 0 Å². The van der Waals surface area contributed by atoms with E-state index < -0.39 is 16.0 Å². The van der Waals surface area contributed by atoms with Crippen LogP contribution < -0.4 is 5.43 Å². The maximum Gasteiger partial charge on any atom is 0.345 e. The van der Waals surface area contributed by atoms with E-state index in [-0.39, 0.29) is 3.70 Å². The number of nitrogens with zero attached hydrogens (tertiary/aromatic N) is 1. The lowest BCUT2D eigenvalue weighted by molar-refractivity contribution is -0.387. The van der Waals surface area contributed by atoms with Gasteiger partial charge in [-0.15, -0.1) is 0 Å². The lowest BCUT2D eigenvalue weighted by Crippen LogP contribution is -2.09. The fourth-order valence-electron chi connectivity index (χ4n) is 0.616. The van der Waals surface area contributed by atoms with Gasteiger partial charge in [0, 0.05) is 12.3 Å². The molecule has 1 N–H and O–H groups in total. The summed E-state index contributed by atoms with van der Waals surface area (Å²) in [6.07, 6.45) is 1.37. The number of aromatic amines is 1. The third-order valence-corrected chi connectivity index (χ3v) is 1.89. The topological polar surface area (TPSA) is 76.0 Å². The van der Waals surface area contributed by atoms with E-state index in [0.29, 0.717) is 0 Å². The van der Waals surface area contributed by atoms with Crippen LogP contribution in [0.15, 0.2) is 17.1 Å². The molecule has 0 unspecified atom stereocenters. The number of halogens is 1. The van der Waals surface area contributed by atoms with Gasteiger partial charge in [0.25, 0.3) is 5.43 Å². The Morgan fingerprint density at radius 1 is 1.64 bits per heavy atom. The van der Waals surface area contributed by atoms with Crippen molar-refractivity contribution in [2.75, 3.05) is 0 Å². The molecule has 1 rings (SSSR count). The minimum Gasteiger partial charge on any atom is -0.351 e. The third kappa shape index (κ3) is 1.56. The van der Waals surface area contributed by atoms with E-state index in [4.69, 9.17) is 0 Å². The van der Waals surface area contributed by atoms with Gasteiger partial charge in [-0.25, -0.2) is 0 Å². The fourth-order valence-corrected chi connectivity index (χ4v) is 1.26. The van der Waals surface area contributed by atoms with E-state index in [0.717, 1.165) is 6.07 Å². The molecule has 58 valence electrons. The van der Waals surface area contributed by atoms with E-state index in [1.165, 1.54) is 6.20 Å². The van der Waals surface area contributed by atoms with Gasteiger partial charge in [-0.1, -0.05) is 0 Å². The normalized spacial score (nSPS) is 9.55. The average molecular weight is 266 g/mol. The zero-order valence-corrected chi connectivity index (χ0v) is 7.36. The molecule has 1 heterocycles. The second-order valence-electron chi connectivity index (χ2n) is 1.76. The lowest BCUT2D eigenvalue weighted by atomic mass is 10.4. The molecule has 0 spiro atoms. The molecule has 5 nitrogen and oxygen atoms in total. The predicted octanol–water partition coefficient (Wildman–Crippen LogP) is 0.888. The van der Waals surface area contributed by atoms with Crippen LogP contribution in [0.2, 0.25) is 0 Å². The summed E-state index contributed by atoms with van der Waals surface area (Å²) in [5, 5.41) is 10.2. The van der Waals surface area contributed by atoms with Gasteiger partial charge in [-0.05, 0) is 22.6 Å². The molecule has 11 heavy (non-hydrogen) atoms. The number of hydrogen-bond donors (Lipinski definition) is 1. The smallest absolute Gasteiger partial charge is 0.345 e. The van der Waals surface area contributed by atoms with Gasteiger partial charge in [0.1, 0.15) is 0 Å².